The predicted molar refractivity (Wildman–Crippen MR) is 111 cm³/mol. The number of carbonyl (C=O) groups excluding carboxylic acids is 2. The van der Waals surface area contributed by atoms with E-state index in [0.717, 1.165) is 12.1 Å². The molecular formula is C24H19F3N2O3. The van der Waals surface area contributed by atoms with Crippen molar-refractivity contribution in [3.8, 4) is 5.75 Å². The Hall–Kier alpha value is -3.81. The predicted octanol–water partition coefficient (Wildman–Crippen LogP) is 4.67. The molecule has 164 valence electrons. The first-order valence-corrected chi connectivity index (χ1v) is 9.90. The normalized spacial score (nSPS) is 15.6. The fourth-order valence-corrected chi connectivity index (χ4v) is 3.55. The molecule has 0 saturated heterocycles. The minimum Gasteiger partial charge on any atom is -0.481 e. The maximum atomic E-state index is 14.1. The molecule has 2 amide bonds. The summed E-state index contributed by atoms with van der Waals surface area (Å²) in [4.78, 5) is 26.6. The third kappa shape index (κ3) is 4.30. The number of amides is 2. The number of nitrogens with one attached hydrogen (secondary N) is 1. The summed E-state index contributed by atoms with van der Waals surface area (Å²) < 4.78 is 47.7. The zero-order valence-corrected chi connectivity index (χ0v) is 17.1. The van der Waals surface area contributed by atoms with Crippen molar-refractivity contribution in [3.05, 3.63) is 94.8 Å². The van der Waals surface area contributed by atoms with Crippen molar-refractivity contribution in [2.24, 2.45) is 0 Å². The zero-order valence-electron chi connectivity index (χ0n) is 17.1. The molecule has 3 aromatic rings. The summed E-state index contributed by atoms with van der Waals surface area (Å²) in [6.07, 6.45) is -0.795. The van der Waals surface area contributed by atoms with E-state index >= 15 is 0 Å². The zero-order chi connectivity index (χ0) is 22.8. The number of hydrogen-bond donors (Lipinski definition) is 1. The van der Waals surface area contributed by atoms with Gasteiger partial charge in [0.05, 0.1) is 0 Å². The molecule has 1 aliphatic rings. The van der Waals surface area contributed by atoms with Crippen molar-refractivity contribution in [1.82, 2.24) is 4.90 Å². The first kappa shape index (κ1) is 21.4. The third-order valence-corrected chi connectivity index (χ3v) is 5.15. The van der Waals surface area contributed by atoms with E-state index in [1.807, 2.05) is 0 Å². The van der Waals surface area contributed by atoms with Crippen LogP contribution in [0.25, 0.3) is 0 Å². The second-order valence-corrected chi connectivity index (χ2v) is 7.42. The molecule has 32 heavy (non-hydrogen) atoms. The first-order valence-electron chi connectivity index (χ1n) is 9.90. The Morgan fingerprint density at radius 2 is 1.72 bits per heavy atom. The highest BCUT2D eigenvalue weighted by atomic mass is 19.1. The maximum absolute atomic E-state index is 14.1. The van der Waals surface area contributed by atoms with E-state index in [4.69, 9.17) is 4.74 Å². The van der Waals surface area contributed by atoms with Gasteiger partial charge in [-0.25, -0.2) is 13.2 Å². The van der Waals surface area contributed by atoms with E-state index in [1.165, 1.54) is 23.1 Å². The molecule has 0 bridgehead atoms. The minimum atomic E-state index is -0.976. The van der Waals surface area contributed by atoms with Crippen molar-refractivity contribution in [2.75, 3.05) is 5.32 Å². The van der Waals surface area contributed by atoms with Crippen LogP contribution in [0.1, 0.15) is 28.4 Å². The van der Waals surface area contributed by atoms with Gasteiger partial charge < -0.3 is 15.0 Å². The lowest BCUT2D eigenvalue weighted by Gasteiger charge is -2.22. The van der Waals surface area contributed by atoms with Crippen LogP contribution in [0, 0.1) is 17.5 Å². The van der Waals surface area contributed by atoms with Crippen molar-refractivity contribution < 1.29 is 27.5 Å². The van der Waals surface area contributed by atoms with Gasteiger partial charge in [0.15, 0.2) is 6.10 Å². The van der Waals surface area contributed by atoms with Gasteiger partial charge in [-0.05, 0) is 43.3 Å². The Morgan fingerprint density at radius 1 is 1.03 bits per heavy atom. The van der Waals surface area contributed by atoms with E-state index in [-0.39, 0.29) is 24.7 Å². The fourth-order valence-electron chi connectivity index (χ4n) is 3.55. The number of nitrogens with zero attached hydrogens (tertiary/aromatic N) is 1. The molecule has 1 aliphatic heterocycles. The fraction of sp³-hybridized carbons (Fsp3) is 0.167. The highest BCUT2D eigenvalue weighted by molar-refractivity contribution is 6.04. The van der Waals surface area contributed by atoms with Crippen molar-refractivity contribution >= 4 is 17.5 Å². The summed E-state index contributed by atoms with van der Waals surface area (Å²) in [5.74, 6) is -3.21. The van der Waals surface area contributed by atoms with Crippen LogP contribution in [-0.2, 0) is 17.9 Å². The second-order valence-electron chi connectivity index (χ2n) is 7.42. The SMILES string of the molecule is CC1Oc2ccc(NC(=O)c3c(F)cccc3F)cc2CN(Cc2ccccc2F)C1=O. The van der Waals surface area contributed by atoms with E-state index in [1.54, 1.807) is 37.3 Å². The standard InChI is InChI=1S/C24H19F3N2O3/c1-14-24(31)29(12-15-5-2-3-6-18(15)25)13-16-11-17(9-10-21(16)32-14)28-23(30)22-19(26)7-4-8-20(22)27/h2-11,14H,12-13H2,1H3,(H,28,30). The smallest absolute Gasteiger partial charge is 0.263 e. The van der Waals surface area contributed by atoms with Gasteiger partial charge in [0, 0.05) is 29.9 Å². The van der Waals surface area contributed by atoms with Crippen molar-refractivity contribution in [2.45, 2.75) is 26.1 Å². The molecule has 4 rings (SSSR count). The molecule has 5 nitrogen and oxygen atoms in total. The van der Waals surface area contributed by atoms with Crippen LogP contribution < -0.4 is 10.1 Å². The van der Waals surface area contributed by atoms with Crippen LogP contribution in [0.3, 0.4) is 0 Å². The van der Waals surface area contributed by atoms with Gasteiger partial charge in [0.1, 0.15) is 28.8 Å². The molecule has 0 saturated carbocycles. The van der Waals surface area contributed by atoms with Crippen LogP contribution in [0.2, 0.25) is 0 Å². The van der Waals surface area contributed by atoms with Gasteiger partial charge in [-0.15, -0.1) is 0 Å². The monoisotopic (exact) mass is 440 g/mol. The highest BCUT2D eigenvalue weighted by Gasteiger charge is 2.29. The number of ether oxygens (including phenoxy) is 1. The van der Waals surface area contributed by atoms with Gasteiger partial charge in [-0.2, -0.15) is 0 Å². The Balaban J connectivity index is 1.60. The number of hydrogen-bond acceptors (Lipinski definition) is 3. The molecule has 1 atom stereocenters. The number of fused-ring (bicyclic) bond motifs is 1. The summed E-state index contributed by atoms with van der Waals surface area (Å²) in [5.41, 5.74) is 0.498. The minimum absolute atomic E-state index is 0.0374. The van der Waals surface area contributed by atoms with E-state index in [2.05, 4.69) is 5.32 Å². The van der Waals surface area contributed by atoms with E-state index in [0.29, 0.717) is 16.9 Å². The lowest BCUT2D eigenvalue weighted by atomic mass is 10.1. The molecule has 0 fully saturated rings. The Morgan fingerprint density at radius 3 is 2.44 bits per heavy atom. The molecule has 0 radical (unpaired) electrons. The van der Waals surface area contributed by atoms with Crippen LogP contribution in [0.5, 0.6) is 5.75 Å². The van der Waals surface area contributed by atoms with Crippen LogP contribution >= 0.6 is 0 Å². The molecule has 8 heteroatoms. The van der Waals surface area contributed by atoms with Crippen LogP contribution in [-0.4, -0.2) is 22.8 Å². The highest BCUT2D eigenvalue weighted by Crippen LogP contribution is 2.30. The van der Waals surface area contributed by atoms with Crippen molar-refractivity contribution in [1.29, 1.82) is 0 Å². The van der Waals surface area contributed by atoms with Gasteiger partial charge in [0.2, 0.25) is 0 Å². The number of benzene rings is 3. The summed E-state index contributed by atoms with van der Waals surface area (Å²) in [6.45, 7) is 1.74. The number of carbonyl (C=O) groups is 2. The van der Waals surface area contributed by atoms with E-state index in [9.17, 15) is 22.8 Å². The Kier molecular flexibility index (Phi) is 5.85. The lowest BCUT2D eigenvalue weighted by molar-refractivity contribution is -0.138. The number of halogens is 3. The molecule has 0 spiro atoms. The second kappa shape index (κ2) is 8.74. The average Bonchev–Trinajstić information content (AvgIpc) is 2.86. The van der Waals surface area contributed by atoms with Gasteiger partial charge in [-0.3, -0.25) is 9.59 Å². The average molecular weight is 440 g/mol. The summed E-state index contributed by atoms with van der Waals surface area (Å²) in [7, 11) is 0. The molecule has 1 unspecified atom stereocenters. The first-order chi connectivity index (χ1) is 15.3. The number of rotatable bonds is 4. The summed E-state index contributed by atoms with van der Waals surface area (Å²) in [6, 6.07) is 14.0. The molecule has 1 heterocycles. The Bertz CT molecular complexity index is 1180. The maximum Gasteiger partial charge on any atom is 0.263 e. The largest absolute Gasteiger partial charge is 0.481 e. The van der Waals surface area contributed by atoms with Crippen LogP contribution in [0.4, 0.5) is 18.9 Å². The Labute approximate surface area is 182 Å². The van der Waals surface area contributed by atoms with Gasteiger partial charge in [-0.1, -0.05) is 24.3 Å². The topological polar surface area (TPSA) is 58.6 Å². The molecule has 3 aromatic carbocycles. The quantitative estimate of drug-likeness (QED) is 0.642. The molecule has 1 N–H and O–H groups in total. The van der Waals surface area contributed by atoms with Gasteiger partial charge in [0.25, 0.3) is 11.8 Å². The summed E-state index contributed by atoms with van der Waals surface area (Å²) in [5, 5.41) is 2.47. The van der Waals surface area contributed by atoms with Gasteiger partial charge >= 0.3 is 0 Å². The number of anilines is 1. The van der Waals surface area contributed by atoms with E-state index < -0.39 is 35.0 Å². The summed E-state index contributed by atoms with van der Waals surface area (Å²) >= 11 is 0. The van der Waals surface area contributed by atoms with Crippen molar-refractivity contribution in [3.63, 3.8) is 0 Å². The lowest BCUT2D eigenvalue weighted by Crippen LogP contribution is -2.37. The molecule has 0 aliphatic carbocycles. The third-order valence-electron chi connectivity index (χ3n) is 5.15. The molecule has 0 aromatic heterocycles. The molecular weight excluding hydrogens is 421 g/mol. The van der Waals surface area contributed by atoms with Crippen LogP contribution in [0.15, 0.2) is 60.7 Å².